The molecule has 2 aromatic carbocycles. The number of carbonyl (C=O) groups excluding carboxylic acids is 1. The maximum Gasteiger partial charge on any atom is 0.410 e. The molecule has 9 heteroatoms. The number of fused-ring (bicyclic) bond motifs is 1. The van der Waals surface area contributed by atoms with E-state index in [0.29, 0.717) is 24.3 Å². The van der Waals surface area contributed by atoms with Crippen LogP contribution in [0.25, 0.3) is 16.6 Å². The third-order valence-corrected chi connectivity index (χ3v) is 8.67. The fourth-order valence-electron chi connectivity index (χ4n) is 6.58. The van der Waals surface area contributed by atoms with Gasteiger partial charge in [0.25, 0.3) is 0 Å². The molecule has 2 aromatic heterocycles. The summed E-state index contributed by atoms with van der Waals surface area (Å²) in [5.74, 6) is 2.45. The number of nitrogens with zero attached hydrogens (tertiary/aromatic N) is 5. The normalized spacial score (nSPS) is 21.6. The van der Waals surface area contributed by atoms with Crippen LogP contribution < -0.4 is 10.5 Å². The van der Waals surface area contributed by atoms with E-state index >= 15 is 0 Å². The monoisotopic (exact) mass is 582 g/mol. The number of rotatable bonds is 5. The molecule has 1 unspecified atom stereocenters. The number of benzene rings is 2. The Labute approximate surface area is 253 Å². The predicted molar refractivity (Wildman–Crippen MR) is 168 cm³/mol. The van der Waals surface area contributed by atoms with Gasteiger partial charge in [0.1, 0.15) is 28.9 Å². The molecule has 4 aromatic rings. The molecule has 1 saturated carbocycles. The lowest BCUT2D eigenvalue weighted by Gasteiger charge is -2.45. The van der Waals surface area contributed by atoms with Crippen molar-refractivity contribution in [3.63, 3.8) is 0 Å². The quantitative estimate of drug-likeness (QED) is 0.278. The molecule has 2 aliphatic rings. The van der Waals surface area contributed by atoms with Gasteiger partial charge in [-0.3, -0.25) is 4.90 Å². The SMILES string of the molecule is CC1CN([C@H]2CC[C@H](c3cc(-c4ccc(Oc5ccccc5)cc4)c4c(N)ncnn43)CC2)CCN1C(=O)OC(C)(C)C. The number of hydrogen-bond donors (Lipinski definition) is 1. The molecular formula is C34H42N6O3. The number of nitrogens with two attached hydrogens (primary N) is 1. The summed E-state index contributed by atoms with van der Waals surface area (Å²) in [7, 11) is 0. The first-order chi connectivity index (χ1) is 20.7. The van der Waals surface area contributed by atoms with Gasteiger partial charge in [-0.25, -0.2) is 14.3 Å². The fraction of sp³-hybridized carbons (Fsp3) is 0.441. The Hall–Kier alpha value is -4.11. The van der Waals surface area contributed by atoms with E-state index in [4.69, 9.17) is 15.2 Å². The fourth-order valence-corrected chi connectivity index (χ4v) is 6.58. The molecule has 1 saturated heterocycles. The first-order valence-electron chi connectivity index (χ1n) is 15.4. The third-order valence-electron chi connectivity index (χ3n) is 8.67. The van der Waals surface area contributed by atoms with Crippen LogP contribution in [0.1, 0.15) is 65.0 Å². The van der Waals surface area contributed by atoms with Crippen molar-refractivity contribution in [2.24, 2.45) is 0 Å². The lowest BCUT2D eigenvalue weighted by atomic mass is 9.83. The van der Waals surface area contributed by atoms with Crippen molar-refractivity contribution in [1.82, 2.24) is 24.4 Å². The van der Waals surface area contributed by atoms with Crippen molar-refractivity contribution in [2.45, 2.75) is 77.0 Å². The smallest absolute Gasteiger partial charge is 0.410 e. The Morgan fingerprint density at radius 1 is 0.953 bits per heavy atom. The minimum Gasteiger partial charge on any atom is -0.457 e. The molecule has 9 nitrogen and oxygen atoms in total. The number of para-hydroxylation sites is 1. The van der Waals surface area contributed by atoms with Crippen LogP contribution in [0, 0.1) is 0 Å². The summed E-state index contributed by atoms with van der Waals surface area (Å²) in [4.78, 5) is 21.5. The van der Waals surface area contributed by atoms with E-state index in [-0.39, 0.29) is 12.1 Å². The van der Waals surface area contributed by atoms with Crippen LogP contribution in [0.2, 0.25) is 0 Å². The van der Waals surface area contributed by atoms with Crippen molar-refractivity contribution in [2.75, 3.05) is 25.4 Å². The number of carbonyl (C=O) groups is 1. The summed E-state index contributed by atoms with van der Waals surface area (Å²) in [5, 5.41) is 4.65. The number of hydrogen-bond acceptors (Lipinski definition) is 7. The van der Waals surface area contributed by atoms with Gasteiger partial charge < -0.3 is 20.1 Å². The highest BCUT2D eigenvalue weighted by Gasteiger charge is 2.35. The van der Waals surface area contributed by atoms with Gasteiger partial charge in [0.15, 0.2) is 5.82 Å². The second-order valence-electron chi connectivity index (χ2n) is 12.9. The zero-order chi connectivity index (χ0) is 30.1. The molecule has 43 heavy (non-hydrogen) atoms. The van der Waals surface area contributed by atoms with Gasteiger partial charge in [0.05, 0.1) is 0 Å². The second-order valence-corrected chi connectivity index (χ2v) is 12.9. The Morgan fingerprint density at radius 3 is 2.33 bits per heavy atom. The highest BCUT2D eigenvalue weighted by Crippen LogP contribution is 2.40. The standard InChI is InChI=1S/C34H42N6O3/c1-23-21-38(18-19-39(23)33(41)43-34(2,3)4)26-14-10-25(11-15-26)30-20-29(31-32(35)36-22-37-40(30)31)24-12-16-28(17-13-24)42-27-8-6-5-7-9-27/h5-9,12-13,16-17,20,22-23,25-26H,10-11,14-15,18-19,21H2,1-4H3,(H2,35,36,37)/t23?,25-,26-. The minimum atomic E-state index is -0.481. The Kier molecular flexibility index (Phi) is 8.01. The van der Waals surface area contributed by atoms with Gasteiger partial charge >= 0.3 is 6.09 Å². The zero-order valence-corrected chi connectivity index (χ0v) is 25.6. The van der Waals surface area contributed by atoms with Gasteiger partial charge in [0, 0.05) is 48.9 Å². The molecule has 1 aliphatic carbocycles. The number of amides is 1. The number of nitrogen functional groups attached to an aromatic ring is 1. The van der Waals surface area contributed by atoms with E-state index in [1.54, 1.807) is 6.33 Å². The van der Waals surface area contributed by atoms with Crippen molar-refractivity contribution in [3.05, 3.63) is 72.7 Å². The van der Waals surface area contributed by atoms with E-state index < -0.39 is 5.60 Å². The molecular weight excluding hydrogens is 540 g/mol. The van der Waals surface area contributed by atoms with Crippen LogP contribution >= 0.6 is 0 Å². The molecule has 1 amide bonds. The largest absolute Gasteiger partial charge is 0.457 e. The van der Waals surface area contributed by atoms with Crippen LogP contribution in [0.4, 0.5) is 10.6 Å². The highest BCUT2D eigenvalue weighted by molar-refractivity contribution is 5.88. The second kappa shape index (κ2) is 11.9. The maximum absolute atomic E-state index is 12.7. The molecule has 0 spiro atoms. The van der Waals surface area contributed by atoms with Crippen molar-refractivity contribution < 1.29 is 14.3 Å². The Morgan fingerprint density at radius 2 is 1.65 bits per heavy atom. The maximum atomic E-state index is 12.7. The molecule has 6 rings (SSSR count). The summed E-state index contributed by atoms with van der Waals surface area (Å²) in [6, 6.07) is 20.8. The van der Waals surface area contributed by atoms with Crippen molar-refractivity contribution in [3.8, 4) is 22.6 Å². The molecule has 226 valence electrons. The number of aromatic nitrogens is 3. The average molecular weight is 583 g/mol. The third kappa shape index (κ3) is 6.32. The molecule has 0 bridgehead atoms. The summed E-state index contributed by atoms with van der Waals surface area (Å²) < 4.78 is 13.6. The molecule has 0 radical (unpaired) electrons. The van der Waals surface area contributed by atoms with Crippen molar-refractivity contribution in [1.29, 1.82) is 0 Å². The van der Waals surface area contributed by atoms with E-state index in [9.17, 15) is 4.79 Å². The minimum absolute atomic E-state index is 0.127. The van der Waals surface area contributed by atoms with Crippen molar-refractivity contribution >= 4 is 17.4 Å². The molecule has 1 aliphatic heterocycles. The number of ether oxygens (including phenoxy) is 2. The molecule has 1 atom stereocenters. The number of piperazine rings is 1. The van der Waals surface area contributed by atoms with Crippen LogP contribution in [0.5, 0.6) is 11.5 Å². The lowest BCUT2D eigenvalue weighted by Crippen LogP contribution is -2.57. The van der Waals surface area contributed by atoms with Gasteiger partial charge in [-0.05, 0) is 89.3 Å². The van der Waals surface area contributed by atoms with E-state index in [1.165, 1.54) is 5.69 Å². The predicted octanol–water partition coefficient (Wildman–Crippen LogP) is 6.74. The first kappa shape index (κ1) is 29.0. The Balaban J connectivity index is 1.14. The Bertz CT molecular complexity index is 1560. The molecule has 3 heterocycles. The van der Waals surface area contributed by atoms with Gasteiger partial charge in [0.2, 0.25) is 0 Å². The van der Waals surface area contributed by atoms with Crippen LogP contribution in [-0.4, -0.2) is 67.8 Å². The summed E-state index contributed by atoms with van der Waals surface area (Å²) in [6.45, 7) is 10.3. The molecule has 2 N–H and O–H groups in total. The molecule has 2 fully saturated rings. The summed E-state index contributed by atoms with van der Waals surface area (Å²) in [5.41, 5.74) is 10.1. The summed E-state index contributed by atoms with van der Waals surface area (Å²) in [6.07, 6.45) is 5.70. The highest BCUT2D eigenvalue weighted by atomic mass is 16.6. The van der Waals surface area contributed by atoms with Crippen LogP contribution in [-0.2, 0) is 4.74 Å². The lowest BCUT2D eigenvalue weighted by molar-refractivity contribution is -0.00755. The van der Waals surface area contributed by atoms with Gasteiger partial charge in [-0.15, -0.1) is 0 Å². The topological polar surface area (TPSA) is 98.2 Å². The van der Waals surface area contributed by atoms with Crippen LogP contribution in [0.3, 0.4) is 0 Å². The van der Waals surface area contributed by atoms with Gasteiger partial charge in [-0.2, -0.15) is 5.10 Å². The number of anilines is 1. The van der Waals surface area contributed by atoms with Gasteiger partial charge in [-0.1, -0.05) is 30.3 Å². The average Bonchev–Trinajstić information content (AvgIpc) is 3.38. The zero-order valence-electron chi connectivity index (χ0n) is 25.6. The van der Waals surface area contributed by atoms with E-state index in [0.717, 1.165) is 66.9 Å². The van der Waals surface area contributed by atoms with Crippen LogP contribution in [0.15, 0.2) is 67.0 Å². The van der Waals surface area contributed by atoms with E-state index in [2.05, 4.69) is 40.1 Å². The first-order valence-corrected chi connectivity index (χ1v) is 15.4. The summed E-state index contributed by atoms with van der Waals surface area (Å²) >= 11 is 0. The van der Waals surface area contributed by atoms with E-state index in [1.807, 2.05) is 72.7 Å².